The molecule has 1 aliphatic rings. The highest BCUT2D eigenvalue weighted by Gasteiger charge is 2.30. The van der Waals surface area contributed by atoms with Gasteiger partial charge in [0.2, 0.25) is 0 Å². The Bertz CT molecular complexity index is 1000. The van der Waals surface area contributed by atoms with Crippen molar-refractivity contribution in [3.05, 3.63) is 71.5 Å². The molecule has 0 radical (unpaired) electrons. The average molecular weight is 343 g/mol. The van der Waals surface area contributed by atoms with E-state index < -0.39 is 0 Å². The third-order valence-corrected chi connectivity index (χ3v) is 4.62. The summed E-state index contributed by atoms with van der Waals surface area (Å²) in [6.45, 7) is 2.97. The Kier molecular flexibility index (Phi) is 3.98. The predicted molar refractivity (Wildman–Crippen MR) is 96.1 cm³/mol. The molecule has 1 amide bonds. The molecular weight excluding hydrogens is 326 g/mol. The van der Waals surface area contributed by atoms with Crippen LogP contribution in [0.4, 0.5) is 0 Å². The molecule has 3 aromatic rings. The van der Waals surface area contributed by atoms with E-state index in [1.807, 2.05) is 30.3 Å². The third-order valence-electron chi connectivity index (χ3n) is 4.62. The first-order valence-electron chi connectivity index (χ1n) is 8.46. The number of carbonyl (C=O) groups is 1. The van der Waals surface area contributed by atoms with Gasteiger partial charge in [0.1, 0.15) is 0 Å². The van der Waals surface area contributed by atoms with Gasteiger partial charge in [-0.05, 0) is 19.1 Å². The molecule has 0 saturated carbocycles. The molecule has 6 heteroatoms. The topological polar surface area (TPSA) is 74.8 Å². The van der Waals surface area contributed by atoms with Crippen LogP contribution < -0.4 is 0 Å². The van der Waals surface area contributed by atoms with Crippen LogP contribution in [-0.2, 0) is 6.54 Å². The molecule has 4 rings (SSSR count). The summed E-state index contributed by atoms with van der Waals surface area (Å²) in [5, 5.41) is 17.9. The fourth-order valence-corrected chi connectivity index (χ4v) is 3.41. The van der Waals surface area contributed by atoms with Gasteiger partial charge in [-0.1, -0.05) is 42.5 Å². The van der Waals surface area contributed by atoms with E-state index in [1.54, 1.807) is 29.2 Å². The molecule has 1 atom stereocenters. The maximum Gasteiger partial charge on any atom is 0.255 e. The third kappa shape index (κ3) is 2.64. The molecule has 0 N–H and O–H groups in total. The van der Waals surface area contributed by atoms with Gasteiger partial charge < -0.3 is 9.47 Å². The maximum absolute atomic E-state index is 12.9. The summed E-state index contributed by atoms with van der Waals surface area (Å²) in [5.74, 6) is 1.42. The standard InChI is InChI=1S/C20H17N5O/c1-14-12-24(20(26)17-10-6-5-9-16(17)11-21)13-18-22-23-19(25(14)18)15-7-3-2-4-8-15/h2-10,14H,12-13H2,1H3/t14-/m0/s1. The Labute approximate surface area is 151 Å². The summed E-state index contributed by atoms with van der Waals surface area (Å²) >= 11 is 0. The number of benzene rings is 2. The lowest BCUT2D eigenvalue weighted by Crippen LogP contribution is -2.40. The van der Waals surface area contributed by atoms with Gasteiger partial charge in [0.15, 0.2) is 11.6 Å². The normalized spacial score (nSPS) is 16.0. The van der Waals surface area contributed by atoms with Gasteiger partial charge in [-0.25, -0.2) is 0 Å². The molecule has 2 aromatic carbocycles. The first-order valence-corrected chi connectivity index (χ1v) is 8.46. The highest BCUT2D eigenvalue weighted by Crippen LogP contribution is 2.28. The van der Waals surface area contributed by atoms with Crippen LogP contribution in [0, 0.1) is 11.3 Å². The SMILES string of the molecule is C[C@H]1CN(C(=O)c2ccccc2C#N)Cc2nnc(-c3ccccc3)n21. The van der Waals surface area contributed by atoms with Gasteiger partial charge in [-0.3, -0.25) is 4.79 Å². The lowest BCUT2D eigenvalue weighted by molar-refractivity contribution is 0.0682. The predicted octanol–water partition coefficient (Wildman–Crippen LogP) is 3.03. The average Bonchev–Trinajstić information content (AvgIpc) is 3.12. The Morgan fingerprint density at radius 3 is 2.62 bits per heavy atom. The Hall–Kier alpha value is -3.46. The van der Waals surface area contributed by atoms with Crippen molar-refractivity contribution in [2.24, 2.45) is 0 Å². The second-order valence-electron chi connectivity index (χ2n) is 6.37. The number of amides is 1. The van der Waals surface area contributed by atoms with Gasteiger partial charge in [-0.2, -0.15) is 5.26 Å². The van der Waals surface area contributed by atoms with Crippen LogP contribution in [0.15, 0.2) is 54.6 Å². The summed E-state index contributed by atoms with van der Waals surface area (Å²) in [7, 11) is 0. The lowest BCUT2D eigenvalue weighted by Gasteiger charge is -2.32. The number of hydrogen-bond donors (Lipinski definition) is 0. The van der Waals surface area contributed by atoms with Crippen LogP contribution in [0.3, 0.4) is 0 Å². The molecule has 128 valence electrons. The van der Waals surface area contributed by atoms with Gasteiger partial charge in [0.05, 0.1) is 29.8 Å². The van der Waals surface area contributed by atoms with E-state index in [2.05, 4.69) is 27.8 Å². The zero-order chi connectivity index (χ0) is 18.1. The molecule has 0 fully saturated rings. The summed E-state index contributed by atoms with van der Waals surface area (Å²) in [5.41, 5.74) is 1.83. The van der Waals surface area contributed by atoms with E-state index in [4.69, 9.17) is 0 Å². The molecule has 0 bridgehead atoms. The van der Waals surface area contributed by atoms with Crippen LogP contribution in [0.25, 0.3) is 11.4 Å². The Morgan fingerprint density at radius 1 is 1.12 bits per heavy atom. The fraction of sp³-hybridized carbons (Fsp3) is 0.200. The monoisotopic (exact) mass is 343 g/mol. The zero-order valence-corrected chi connectivity index (χ0v) is 14.3. The van der Waals surface area contributed by atoms with Gasteiger partial charge in [0.25, 0.3) is 5.91 Å². The highest BCUT2D eigenvalue weighted by atomic mass is 16.2. The molecule has 2 heterocycles. The fourth-order valence-electron chi connectivity index (χ4n) is 3.41. The van der Waals surface area contributed by atoms with E-state index in [0.29, 0.717) is 24.2 Å². The second-order valence-corrected chi connectivity index (χ2v) is 6.37. The van der Waals surface area contributed by atoms with E-state index in [-0.39, 0.29) is 11.9 Å². The van der Waals surface area contributed by atoms with Crippen molar-refractivity contribution in [1.29, 1.82) is 5.26 Å². The number of hydrogen-bond acceptors (Lipinski definition) is 4. The minimum atomic E-state index is -0.149. The summed E-state index contributed by atoms with van der Waals surface area (Å²) < 4.78 is 2.09. The first-order chi connectivity index (χ1) is 12.7. The van der Waals surface area contributed by atoms with E-state index >= 15 is 0 Å². The van der Waals surface area contributed by atoms with E-state index in [0.717, 1.165) is 17.2 Å². The number of nitrogens with zero attached hydrogens (tertiary/aromatic N) is 5. The maximum atomic E-state index is 12.9. The molecule has 0 spiro atoms. The number of fused-ring (bicyclic) bond motifs is 1. The summed E-state index contributed by atoms with van der Waals surface area (Å²) in [6, 6.07) is 18.9. The van der Waals surface area contributed by atoms with E-state index in [9.17, 15) is 10.1 Å². The number of nitriles is 1. The number of aromatic nitrogens is 3. The Balaban J connectivity index is 1.67. The van der Waals surface area contributed by atoms with Crippen LogP contribution in [0.1, 0.15) is 34.7 Å². The van der Waals surface area contributed by atoms with Crippen LogP contribution in [0.5, 0.6) is 0 Å². The first kappa shape index (κ1) is 16.0. The Morgan fingerprint density at radius 2 is 1.85 bits per heavy atom. The molecule has 1 aromatic heterocycles. The van der Waals surface area contributed by atoms with Crippen molar-refractivity contribution in [2.75, 3.05) is 6.54 Å². The van der Waals surface area contributed by atoms with Crippen LogP contribution >= 0.6 is 0 Å². The summed E-state index contributed by atoms with van der Waals surface area (Å²) in [4.78, 5) is 14.7. The lowest BCUT2D eigenvalue weighted by atomic mass is 10.1. The molecular formula is C20H17N5O. The molecule has 1 aliphatic heterocycles. The van der Waals surface area contributed by atoms with Crippen LogP contribution in [0.2, 0.25) is 0 Å². The molecule has 0 aliphatic carbocycles. The van der Waals surface area contributed by atoms with Crippen molar-refractivity contribution in [1.82, 2.24) is 19.7 Å². The van der Waals surface area contributed by atoms with Crippen molar-refractivity contribution in [3.63, 3.8) is 0 Å². The smallest absolute Gasteiger partial charge is 0.255 e. The van der Waals surface area contributed by atoms with Gasteiger partial charge >= 0.3 is 0 Å². The highest BCUT2D eigenvalue weighted by molar-refractivity contribution is 5.96. The summed E-state index contributed by atoms with van der Waals surface area (Å²) in [6.07, 6.45) is 0. The number of carbonyl (C=O) groups excluding carboxylic acids is 1. The van der Waals surface area contributed by atoms with Crippen molar-refractivity contribution >= 4 is 5.91 Å². The van der Waals surface area contributed by atoms with E-state index in [1.165, 1.54) is 0 Å². The minimum Gasteiger partial charge on any atom is -0.329 e. The molecule has 0 unspecified atom stereocenters. The number of rotatable bonds is 2. The van der Waals surface area contributed by atoms with Gasteiger partial charge in [0, 0.05) is 12.1 Å². The zero-order valence-electron chi connectivity index (χ0n) is 14.3. The molecule has 0 saturated heterocycles. The quantitative estimate of drug-likeness (QED) is 0.717. The molecule has 6 nitrogen and oxygen atoms in total. The minimum absolute atomic E-state index is 0.0437. The van der Waals surface area contributed by atoms with Crippen molar-refractivity contribution < 1.29 is 4.79 Å². The van der Waals surface area contributed by atoms with Crippen molar-refractivity contribution in [2.45, 2.75) is 19.5 Å². The van der Waals surface area contributed by atoms with Crippen molar-refractivity contribution in [3.8, 4) is 17.5 Å². The molecule has 26 heavy (non-hydrogen) atoms. The van der Waals surface area contributed by atoms with Crippen LogP contribution in [-0.4, -0.2) is 32.1 Å². The largest absolute Gasteiger partial charge is 0.329 e. The van der Waals surface area contributed by atoms with Gasteiger partial charge in [-0.15, -0.1) is 10.2 Å². The second kappa shape index (κ2) is 6.45.